The average Bonchev–Trinajstić information content (AvgIpc) is 2.18. The zero-order valence-electron chi connectivity index (χ0n) is 9.88. The molecule has 1 unspecified atom stereocenters. The average molecular weight is 228 g/mol. The molecule has 1 aliphatic rings. The van der Waals surface area contributed by atoms with E-state index < -0.39 is 11.5 Å². The molecule has 5 heteroatoms. The van der Waals surface area contributed by atoms with Crippen molar-refractivity contribution in [3.8, 4) is 0 Å². The van der Waals surface area contributed by atoms with Gasteiger partial charge in [-0.1, -0.05) is 13.8 Å². The van der Waals surface area contributed by atoms with Gasteiger partial charge in [-0.05, 0) is 25.8 Å². The zero-order chi connectivity index (χ0) is 12.2. The van der Waals surface area contributed by atoms with E-state index in [1.165, 1.54) is 0 Å². The monoisotopic (exact) mass is 228 g/mol. The van der Waals surface area contributed by atoms with Crippen LogP contribution in [0.3, 0.4) is 0 Å². The molecular weight excluding hydrogens is 208 g/mol. The molecule has 0 radical (unpaired) electrons. The van der Waals surface area contributed by atoms with Crippen LogP contribution in [0.1, 0.15) is 33.1 Å². The maximum atomic E-state index is 11.7. The highest BCUT2D eigenvalue weighted by molar-refractivity contribution is 5.88. The van der Waals surface area contributed by atoms with Crippen LogP contribution in [0.5, 0.6) is 0 Å². The number of carbonyl (C=O) groups is 2. The summed E-state index contributed by atoms with van der Waals surface area (Å²) in [5.74, 6) is -1.29. The third-order valence-electron chi connectivity index (χ3n) is 3.13. The lowest BCUT2D eigenvalue weighted by molar-refractivity contribution is -0.152. The first kappa shape index (κ1) is 13.0. The predicted molar refractivity (Wildman–Crippen MR) is 60.1 cm³/mol. The van der Waals surface area contributed by atoms with Gasteiger partial charge in [0.15, 0.2) is 0 Å². The molecule has 1 amide bonds. The van der Waals surface area contributed by atoms with E-state index in [-0.39, 0.29) is 11.8 Å². The van der Waals surface area contributed by atoms with E-state index in [0.29, 0.717) is 19.4 Å². The first-order chi connectivity index (χ1) is 7.52. The number of carboxylic acid groups (broad SMARTS) is 1. The number of carbonyl (C=O) groups excluding carboxylic acids is 1. The Balaban J connectivity index is 2.46. The molecule has 16 heavy (non-hydrogen) atoms. The summed E-state index contributed by atoms with van der Waals surface area (Å²) in [6.07, 6.45) is 1.96. The Morgan fingerprint density at radius 3 is 2.44 bits per heavy atom. The summed E-state index contributed by atoms with van der Waals surface area (Å²) >= 11 is 0. The van der Waals surface area contributed by atoms with Gasteiger partial charge in [0, 0.05) is 12.5 Å². The molecule has 0 bridgehead atoms. The van der Waals surface area contributed by atoms with E-state index in [1.807, 2.05) is 6.92 Å². The molecule has 3 N–H and O–H groups in total. The van der Waals surface area contributed by atoms with Crippen molar-refractivity contribution in [2.45, 2.75) is 38.6 Å². The molecule has 0 aliphatic heterocycles. The van der Waals surface area contributed by atoms with Gasteiger partial charge in [0.2, 0.25) is 5.91 Å². The highest BCUT2D eigenvalue weighted by Crippen LogP contribution is 2.32. The van der Waals surface area contributed by atoms with E-state index in [9.17, 15) is 9.59 Å². The van der Waals surface area contributed by atoms with Crippen LogP contribution in [0.25, 0.3) is 0 Å². The maximum absolute atomic E-state index is 11.7. The van der Waals surface area contributed by atoms with Crippen LogP contribution in [0.15, 0.2) is 0 Å². The molecule has 0 spiro atoms. The third kappa shape index (κ3) is 2.72. The van der Waals surface area contributed by atoms with Crippen molar-refractivity contribution >= 4 is 11.9 Å². The van der Waals surface area contributed by atoms with Crippen molar-refractivity contribution < 1.29 is 14.7 Å². The van der Waals surface area contributed by atoms with Crippen molar-refractivity contribution in [2.75, 3.05) is 13.1 Å². The first-order valence-electron chi connectivity index (χ1n) is 5.78. The molecule has 5 nitrogen and oxygen atoms in total. The van der Waals surface area contributed by atoms with Crippen LogP contribution in [-0.2, 0) is 9.59 Å². The van der Waals surface area contributed by atoms with Crippen molar-refractivity contribution in [1.82, 2.24) is 10.6 Å². The molecule has 0 aromatic carbocycles. The third-order valence-corrected chi connectivity index (χ3v) is 3.13. The molecule has 0 aromatic rings. The Morgan fingerprint density at radius 2 is 2.06 bits per heavy atom. The molecular formula is C11H20N2O3. The minimum atomic E-state index is -0.989. The molecule has 0 aromatic heterocycles. The second-order valence-corrected chi connectivity index (χ2v) is 4.44. The van der Waals surface area contributed by atoms with Crippen molar-refractivity contribution in [2.24, 2.45) is 5.92 Å². The molecule has 1 fully saturated rings. The van der Waals surface area contributed by atoms with Crippen LogP contribution in [0.4, 0.5) is 0 Å². The summed E-state index contributed by atoms with van der Waals surface area (Å²) in [6, 6.07) is 0. The summed E-state index contributed by atoms with van der Waals surface area (Å²) in [7, 11) is 0. The number of hydrogen-bond acceptors (Lipinski definition) is 3. The number of carboxylic acids is 1. The Hall–Kier alpha value is -1.10. The van der Waals surface area contributed by atoms with Gasteiger partial charge in [0.05, 0.1) is 0 Å². The fourth-order valence-electron chi connectivity index (χ4n) is 1.74. The topological polar surface area (TPSA) is 78.4 Å². The molecule has 1 saturated carbocycles. The maximum Gasteiger partial charge on any atom is 0.329 e. The van der Waals surface area contributed by atoms with Gasteiger partial charge in [-0.25, -0.2) is 4.79 Å². The Morgan fingerprint density at radius 1 is 1.44 bits per heavy atom. The molecule has 0 saturated heterocycles. The largest absolute Gasteiger partial charge is 0.480 e. The van der Waals surface area contributed by atoms with Crippen LogP contribution in [-0.4, -0.2) is 35.6 Å². The SMILES string of the molecule is CCNCC(C)C(=O)NC1(C(=O)O)CCC1. The molecule has 1 rings (SSSR count). The van der Waals surface area contributed by atoms with E-state index in [1.54, 1.807) is 6.92 Å². The molecule has 92 valence electrons. The summed E-state index contributed by atoms with van der Waals surface area (Å²) in [5.41, 5.74) is -0.989. The highest BCUT2D eigenvalue weighted by Gasteiger charge is 2.46. The van der Waals surface area contributed by atoms with E-state index >= 15 is 0 Å². The van der Waals surface area contributed by atoms with Crippen LogP contribution in [0.2, 0.25) is 0 Å². The van der Waals surface area contributed by atoms with E-state index in [2.05, 4.69) is 10.6 Å². The zero-order valence-corrected chi connectivity index (χ0v) is 9.88. The summed E-state index contributed by atoms with van der Waals surface area (Å²) < 4.78 is 0. The van der Waals surface area contributed by atoms with Gasteiger partial charge >= 0.3 is 5.97 Å². The lowest BCUT2D eigenvalue weighted by Crippen LogP contribution is -2.60. The van der Waals surface area contributed by atoms with Gasteiger partial charge in [-0.15, -0.1) is 0 Å². The predicted octanol–water partition coefficient (Wildman–Crippen LogP) is 0.355. The standard InChI is InChI=1S/C11H20N2O3/c1-3-12-7-8(2)9(14)13-11(10(15)16)5-4-6-11/h8,12H,3-7H2,1-2H3,(H,13,14)(H,15,16). The van der Waals surface area contributed by atoms with Gasteiger partial charge in [-0.3, -0.25) is 4.79 Å². The van der Waals surface area contributed by atoms with Crippen LogP contribution < -0.4 is 10.6 Å². The summed E-state index contributed by atoms with van der Waals surface area (Å²) in [5, 5.41) is 14.8. The van der Waals surface area contributed by atoms with Gasteiger partial charge < -0.3 is 15.7 Å². The van der Waals surface area contributed by atoms with E-state index in [0.717, 1.165) is 13.0 Å². The number of aliphatic carboxylic acids is 1. The number of hydrogen-bond donors (Lipinski definition) is 3. The number of amides is 1. The first-order valence-corrected chi connectivity index (χ1v) is 5.78. The van der Waals surface area contributed by atoms with Gasteiger partial charge in [0.1, 0.15) is 5.54 Å². The summed E-state index contributed by atoms with van der Waals surface area (Å²) in [4.78, 5) is 22.8. The minimum Gasteiger partial charge on any atom is -0.480 e. The van der Waals surface area contributed by atoms with Crippen molar-refractivity contribution in [3.05, 3.63) is 0 Å². The fourth-order valence-corrected chi connectivity index (χ4v) is 1.74. The smallest absolute Gasteiger partial charge is 0.329 e. The Kier molecular flexibility index (Phi) is 4.29. The summed E-state index contributed by atoms with van der Waals surface area (Å²) in [6.45, 7) is 5.15. The number of rotatable bonds is 6. The van der Waals surface area contributed by atoms with Crippen molar-refractivity contribution in [3.63, 3.8) is 0 Å². The van der Waals surface area contributed by atoms with Crippen LogP contribution >= 0.6 is 0 Å². The number of nitrogens with one attached hydrogen (secondary N) is 2. The molecule has 1 atom stereocenters. The Bertz CT molecular complexity index is 274. The second-order valence-electron chi connectivity index (χ2n) is 4.44. The molecule has 0 heterocycles. The van der Waals surface area contributed by atoms with E-state index in [4.69, 9.17) is 5.11 Å². The fraction of sp³-hybridized carbons (Fsp3) is 0.818. The Labute approximate surface area is 95.6 Å². The van der Waals surface area contributed by atoms with Gasteiger partial charge in [0.25, 0.3) is 0 Å². The second kappa shape index (κ2) is 5.30. The molecule has 1 aliphatic carbocycles. The normalized spacial score (nSPS) is 19.6. The quantitative estimate of drug-likeness (QED) is 0.613. The van der Waals surface area contributed by atoms with Gasteiger partial charge in [-0.2, -0.15) is 0 Å². The van der Waals surface area contributed by atoms with Crippen LogP contribution in [0, 0.1) is 5.92 Å². The lowest BCUT2D eigenvalue weighted by atomic mass is 9.76. The lowest BCUT2D eigenvalue weighted by Gasteiger charge is -2.38. The minimum absolute atomic E-state index is 0.178. The van der Waals surface area contributed by atoms with Crippen molar-refractivity contribution in [1.29, 1.82) is 0 Å². The highest BCUT2D eigenvalue weighted by atomic mass is 16.4.